The van der Waals surface area contributed by atoms with Crippen molar-refractivity contribution in [3.8, 4) is 0 Å². The molecule has 6 nitrogen and oxygen atoms in total. The number of nitrogens with zero attached hydrogens (tertiary/aromatic N) is 4. The standard InChI is InChI=1S/C9H8N4O2/c14-9(15)8-10-3-5-4-13(6-1-2-6)12-7(5)11-8/h3-4,6H,1-2H2,(H,14,15). The second-order valence-electron chi connectivity index (χ2n) is 3.62. The highest BCUT2D eigenvalue weighted by molar-refractivity contribution is 5.85. The highest BCUT2D eigenvalue weighted by Gasteiger charge is 2.25. The third-order valence-corrected chi connectivity index (χ3v) is 2.39. The molecule has 0 aliphatic heterocycles. The number of hydrogen-bond donors (Lipinski definition) is 1. The summed E-state index contributed by atoms with van der Waals surface area (Å²) in [6, 6.07) is 0.465. The first-order chi connectivity index (χ1) is 7.24. The Morgan fingerprint density at radius 2 is 2.33 bits per heavy atom. The van der Waals surface area contributed by atoms with Gasteiger partial charge in [0, 0.05) is 12.4 Å². The maximum atomic E-state index is 10.6. The van der Waals surface area contributed by atoms with Crippen LogP contribution >= 0.6 is 0 Å². The normalized spacial score (nSPS) is 15.7. The first kappa shape index (κ1) is 8.34. The van der Waals surface area contributed by atoms with Crippen molar-refractivity contribution in [3.05, 3.63) is 18.2 Å². The zero-order chi connectivity index (χ0) is 10.4. The molecule has 6 heteroatoms. The molecule has 2 heterocycles. The quantitative estimate of drug-likeness (QED) is 0.784. The topological polar surface area (TPSA) is 80.9 Å². The van der Waals surface area contributed by atoms with Crippen molar-refractivity contribution in [1.82, 2.24) is 19.7 Å². The Balaban J connectivity index is 2.13. The van der Waals surface area contributed by atoms with Gasteiger partial charge in [0.1, 0.15) is 0 Å². The van der Waals surface area contributed by atoms with E-state index in [1.807, 2.05) is 10.9 Å². The van der Waals surface area contributed by atoms with Crippen LogP contribution in [0.15, 0.2) is 12.4 Å². The summed E-state index contributed by atoms with van der Waals surface area (Å²) in [6.07, 6.45) is 5.62. The molecule has 1 N–H and O–H groups in total. The van der Waals surface area contributed by atoms with Gasteiger partial charge in [0.25, 0.3) is 0 Å². The molecule has 15 heavy (non-hydrogen) atoms. The van der Waals surface area contributed by atoms with Crippen molar-refractivity contribution in [2.75, 3.05) is 0 Å². The fourth-order valence-electron chi connectivity index (χ4n) is 1.46. The monoisotopic (exact) mass is 204 g/mol. The minimum atomic E-state index is -1.13. The number of aromatic carboxylic acids is 1. The van der Waals surface area contributed by atoms with Crippen LogP contribution in [0.3, 0.4) is 0 Å². The molecule has 0 radical (unpaired) electrons. The van der Waals surface area contributed by atoms with Gasteiger partial charge in [0.15, 0.2) is 5.65 Å². The van der Waals surface area contributed by atoms with Gasteiger partial charge >= 0.3 is 5.97 Å². The van der Waals surface area contributed by atoms with Crippen LogP contribution in [-0.4, -0.2) is 30.8 Å². The van der Waals surface area contributed by atoms with Gasteiger partial charge in [-0.15, -0.1) is 0 Å². The molecule has 1 aliphatic carbocycles. The molecule has 0 aromatic carbocycles. The average Bonchev–Trinajstić information content (AvgIpc) is 2.97. The molecule has 3 rings (SSSR count). The first-order valence-corrected chi connectivity index (χ1v) is 4.69. The zero-order valence-electron chi connectivity index (χ0n) is 7.79. The van der Waals surface area contributed by atoms with Crippen LogP contribution in [0.5, 0.6) is 0 Å². The predicted octanol–water partition coefficient (Wildman–Crippen LogP) is 0.859. The van der Waals surface area contributed by atoms with Crippen LogP contribution in [0.4, 0.5) is 0 Å². The van der Waals surface area contributed by atoms with Gasteiger partial charge in [0.05, 0.1) is 11.4 Å². The number of hydrogen-bond acceptors (Lipinski definition) is 4. The molecule has 1 aliphatic rings. The van der Waals surface area contributed by atoms with E-state index in [-0.39, 0.29) is 5.82 Å². The molecule has 1 saturated carbocycles. The summed E-state index contributed by atoms with van der Waals surface area (Å²) >= 11 is 0. The third-order valence-electron chi connectivity index (χ3n) is 2.39. The lowest BCUT2D eigenvalue weighted by atomic mass is 10.4. The Morgan fingerprint density at radius 1 is 1.53 bits per heavy atom. The van der Waals surface area contributed by atoms with E-state index in [0.29, 0.717) is 11.7 Å². The molecular formula is C9H8N4O2. The van der Waals surface area contributed by atoms with Crippen molar-refractivity contribution in [2.24, 2.45) is 0 Å². The minimum Gasteiger partial charge on any atom is -0.475 e. The van der Waals surface area contributed by atoms with Gasteiger partial charge in [0.2, 0.25) is 5.82 Å². The lowest BCUT2D eigenvalue weighted by Crippen LogP contribution is -2.03. The van der Waals surface area contributed by atoms with Crippen LogP contribution < -0.4 is 0 Å². The van der Waals surface area contributed by atoms with E-state index in [4.69, 9.17) is 5.11 Å². The predicted molar refractivity (Wildman–Crippen MR) is 50.6 cm³/mol. The third kappa shape index (κ3) is 1.34. The number of aromatic nitrogens is 4. The molecule has 0 saturated heterocycles. The SMILES string of the molecule is O=C(O)c1ncc2cn(C3CC3)nc2n1. The summed E-state index contributed by atoms with van der Waals surface area (Å²) in [5.74, 6) is -1.33. The highest BCUT2D eigenvalue weighted by atomic mass is 16.4. The van der Waals surface area contributed by atoms with Crippen LogP contribution in [-0.2, 0) is 0 Å². The lowest BCUT2D eigenvalue weighted by molar-refractivity contribution is 0.0684. The summed E-state index contributed by atoms with van der Waals surface area (Å²) < 4.78 is 1.84. The Kier molecular flexibility index (Phi) is 1.53. The van der Waals surface area contributed by atoms with Crippen LogP contribution in [0.2, 0.25) is 0 Å². The van der Waals surface area contributed by atoms with Crippen molar-refractivity contribution in [1.29, 1.82) is 0 Å². The number of carboxylic acids is 1. The Bertz CT molecular complexity index is 544. The molecule has 0 unspecified atom stereocenters. The second kappa shape index (κ2) is 2.75. The molecule has 76 valence electrons. The van der Waals surface area contributed by atoms with Gasteiger partial charge in [-0.2, -0.15) is 5.10 Å². The van der Waals surface area contributed by atoms with E-state index in [1.165, 1.54) is 6.20 Å². The molecule has 0 atom stereocenters. The molecule has 0 spiro atoms. The van der Waals surface area contributed by atoms with Gasteiger partial charge in [-0.25, -0.2) is 14.8 Å². The van der Waals surface area contributed by atoms with Crippen LogP contribution in [0.1, 0.15) is 29.5 Å². The number of rotatable bonds is 2. The van der Waals surface area contributed by atoms with Crippen molar-refractivity contribution >= 4 is 17.0 Å². The second-order valence-corrected chi connectivity index (χ2v) is 3.62. The first-order valence-electron chi connectivity index (χ1n) is 4.69. The van der Waals surface area contributed by atoms with E-state index in [0.717, 1.165) is 18.2 Å². The van der Waals surface area contributed by atoms with Gasteiger partial charge in [-0.05, 0) is 12.8 Å². The molecule has 2 aromatic heterocycles. The van der Waals surface area contributed by atoms with Crippen LogP contribution in [0, 0.1) is 0 Å². The minimum absolute atomic E-state index is 0.205. The maximum Gasteiger partial charge on any atom is 0.374 e. The molecule has 0 amide bonds. The largest absolute Gasteiger partial charge is 0.475 e. The number of fused-ring (bicyclic) bond motifs is 1. The van der Waals surface area contributed by atoms with Crippen molar-refractivity contribution < 1.29 is 9.90 Å². The summed E-state index contributed by atoms with van der Waals surface area (Å²) in [6.45, 7) is 0. The number of carboxylic acid groups (broad SMARTS) is 1. The van der Waals surface area contributed by atoms with Crippen LogP contribution in [0.25, 0.3) is 11.0 Å². The van der Waals surface area contributed by atoms with Crippen molar-refractivity contribution in [2.45, 2.75) is 18.9 Å². The summed E-state index contributed by atoms with van der Waals surface area (Å²) in [7, 11) is 0. The molecule has 0 bridgehead atoms. The van der Waals surface area contributed by atoms with Crippen molar-refractivity contribution in [3.63, 3.8) is 0 Å². The average molecular weight is 204 g/mol. The molecule has 2 aromatic rings. The summed E-state index contributed by atoms with van der Waals surface area (Å²) in [4.78, 5) is 18.2. The number of carbonyl (C=O) groups is 1. The molecule has 1 fully saturated rings. The van der Waals surface area contributed by atoms with E-state index in [2.05, 4.69) is 15.1 Å². The maximum absolute atomic E-state index is 10.6. The smallest absolute Gasteiger partial charge is 0.374 e. The Morgan fingerprint density at radius 3 is 3.00 bits per heavy atom. The van der Waals surface area contributed by atoms with E-state index in [1.54, 1.807) is 0 Å². The van der Waals surface area contributed by atoms with Gasteiger partial charge in [-0.1, -0.05) is 0 Å². The lowest BCUT2D eigenvalue weighted by Gasteiger charge is -1.91. The van der Waals surface area contributed by atoms with Gasteiger partial charge in [-0.3, -0.25) is 4.68 Å². The van der Waals surface area contributed by atoms with E-state index in [9.17, 15) is 4.79 Å². The fourth-order valence-corrected chi connectivity index (χ4v) is 1.46. The van der Waals surface area contributed by atoms with E-state index < -0.39 is 5.97 Å². The zero-order valence-corrected chi connectivity index (χ0v) is 7.79. The summed E-state index contributed by atoms with van der Waals surface area (Å²) in [5, 5.41) is 13.7. The molecular weight excluding hydrogens is 196 g/mol. The fraction of sp³-hybridized carbons (Fsp3) is 0.333. The van der Waals surface area contributed by atoms with Gasteiger partial charge < -0.3 is 5.11 Å². The Hall–Kier alpha value is -1.98. The van der Waals surface area contributed by atoms with E-state index >= 15 is 0 Å². The highest BCUT2D eigenvalue weighted by Crippen LogP contribution is 2.34. The summed E-state index contributed by atoms with van der Waals surface area (Å²) in [5.41, 5.74) is 0.453. The Labute approximate surface area is 84.6 Å².